The average molecular weight is 406 g/mol. The van der Waals surface area contributed by atoms with Crippen LogP contribution < -0.4 is 4.72 Å². The molecule has 0 spiro atoms. The molecule has 0 aliphatic carbocycles. The van der Waals surface area contributed by atoms with Gasteiger partial charge in [-0.25, -0.2) is 13.1 Å². The van der Waals surface area contributed by atoms with Crippen LogP contribution in [0.3, 0.4) is 0 Å². The highest BCUT2D eigenvalue weighted by Gasteiger charge is 2.15. The minimum atomic E-state index is -3.72. The summed E-state index contributed by atoms with van der Waals surface area (Å²) in [6.07, 6.45) is 0. The van der Waals surface area contributed by atoms with Crippen LogP contribution in [0.2, 0.25) is 0 Å². The fourth-order valence-electron chi connectivity index (χ4n) is 3.10. The minimum absolute atomic E-state index is 0.0852. The van der Waals surface area contributed by atoms with Crippen molar-refractivity contribution < 1.29 is 8.42 Å². The molecule has 0 aliphatic heterocycles. The van der Waals surface area contributed by atoms with Gasteiger partial charge in [0.2, 0.25) is 10.0 Å². The van der Waals surface area contributed by atoms with Gasteiger partial charge in [-0.15, -0.1) is 0 Å². The van der Waals surface area contributed by atoms with Crippen LogP contribution in [0.4, 0.5) is 0 Å². The molecule has 0 fully saturated rings. The van der Waals surface area contributed by atoms with Crippen LogP contribution in [0.1, 0.15) is 16.7 Å². The molecular formula is C23H23N3O2S. The van der Waals surface area contributed by atoms with Gasteiger partial charge in [-0.3, -0.25) is 0 Å². The maximum atomic E-state index is 12.6. The van der Waals surface area contributed by atoms with E-state index in [1.165, 1.54) is 17.7 Å². The van der Waals surface area contributed by atoms with Gasteiger partial charge in [-0.1, -0.05) is 54.6 Å². The first kappa shape index (κ1) is 20.7. The van der Waals surface area contributed by atoms with Crippen LogP contribution in [0.25, 0.3) is 11.1 Å². The Morgan fingerprint density at radius 3 is 2.38 bits per heavy atom. The first-order valence-electron chi connectivity index (χ1n) is 9.21. The van der Waals surface area contributed by atoms with E-state index in [0.29, 0.717) is 5.56 Å². The van der Waals surface area contributed by atoms with Crippen molar-refractivity contribution in [2.45, 2.75) is 18.0 Å². The molecule has 0 aromatic heterocycles. The Morgan fingerprint density at radius 2 is 1.69 bits per heavy atom. The first-order valence-corrected chi connectivity index (χ1v) is 10.7. The van der Waals surface area contributed by atoms with E-state index in [4.69, 9.17) is 5.26 Å². The van der Waals surface area contributed by atoms with Gasteiger partial charge in [0.05, 0.1) is 16.5 Å². The molecule has 148 valence electrons. The van der Waals surface area contributed by atoms with Crippen LogP contribution >= 0.6 is 0 Å². The Bertz CT molecular complexity index is 1130. The summed E-state index contributed by atoms with van der Waals surface area (Å²) in [5, 5.41) is 9.00. The summed E-state index contributed by atoms with van der Waals surface area (Å²) >= 11 is 0. The number of hydrogen-bond donors (Lipinski definition) is 1. The molecule has 1 N–H and O–H groups in total. The zero-order valence-corrected chi connectivity index (χ0v) is 17.3. The molecular weight excluding hydrogens is 382 g/mol. The molecule has 0 aliphatic rings. The van der Waals surface area contributed by atoms with Crippen LogP contribution in [0, 0.1) is 11.3 Å². The highest BCUT2D eigenvalue weighted by atomic mass is 32.2. The summed E-state index contributed by atoms with van der Waals surface area (Å²) in [5.41, 5.74) is 4.43. The Balaban J connectivity index is 1.81. The Morgan fingerprint density at radius 1 is 0.966 bits per heavy atom. The molecule has 0 heterocycles. The second-order valence-electron chi connectivity index (χ2n) is 7.06. The predicted octanol–water partition coefficient (Wildman–Crippen LogP) is 3.77. The fraction of sp³-hybridized carbons (Fsp3) is 0.174. The fourth-order valence-corrected chi connectivity index (χ4v) is 4.15. The summed E-state index contributed by atoms with van der Waals surface area (Å²) in [4.78, 5) is 2.20. The summed E-state index contributed by atoms with van der Waals surface area (Å²) in [6, 6.07) is 24.0. The number of benzene rings is 3. The molecule has 3 aromatic rings. The SMILES string of the molecule is CN(C)Cc1ccc(-c2ccccc2CNS(=O)(=O)c2cccc(C#N)c2)cc1. The Hall–Kier alpha value is -2.98. The van der Waals surface area contributed by atoms with E-state index in [9.17, 15) is 8.42 Å². The highest BCUT2D eigenvalue weighted by molar-refractivity contribution is 7.89. The number of nitriles is 1. The average Bonchev–Trinajstić information content (AvgIpc) is 2.73. The van der Waals surface area contributed by atoms with Crippen molar-refractivity contribution in [3.63, 3.8) is 0 Å². The van der Waals surface area contributed by atoms with Gasteiger partial charge in [0, 0.05) is 13.1 Å². The largest absolute Gasteiger partial charge is 0.305 e. The number of sulfonamides is 1. The van der Waals surface area contributed by atoms with Crippen molar-refractivity contribution >= 4 is 10.0 Å². The monoisotopic (exact) mass is 405 g/mol. The van der Waals surface area contributed by atoms with E-state index < -0.39 is 10.0 Å². The first-order chi connectivity index (χ1) is 13.9. The van der Waals surface area contributed by atoms with Gasteiger partial charge in [0.25, 0.3) is 0 Å². The molecule has 0 unspecified atom stereocenters. The van der Waals surface area contributed by atoms with E-state index in [-0.39, 0.29) is 11.4 Å². The van der Waals surface area contributed by atoms with E-state index in [0.717, 1.165) is 23.2 Å². The van der Waals surface area contributed by atoms with Crippen LogP contribution in [0.15, 0.2) is 77.7 Å². The lowest BCUT2D eigenvalue weighted by molar-refractivity contribution is 0.402. The van der Waals surface area contributed by atoms with Crippen molar-refractivity contribution in [1.82, 2.24) is 9.62 Å². The van der Waals surface area contributed by atoms with Crippen LogP contribution in [-0.4, -0.2) is 27.4 Å². The zero-order chi connectivity index (χ0) is 20.9. The summed E-state index contributed by atoms with van der Waals surface area (Å²) < 4.78 is 27.9. The molecule has 0 radical (unpaired) electrons. The van der Waals surface area contributed by atoms with Crippen LogP contribution in [-0.2, 0) is 23.1 Å². The van der Waals surface area contributed by atoms with Crippen molar-refractivity contribution in [3.05, 3.63) is 89.5 Å². The number of hydrogen-bond acceptors (Lipinski definition) is 4. The molecule has 0 bridgehead atoms. The maximum Gasteiger partial charge on any atom is 0.240 e. The minimum Gasteiger partial charge on any atom is -0.305 e. The summed E-state index contributed by atoms with van der Waals surface area (Å²) in [7, 11) is 0.342. The van der Waals surface area contributed by atoms with Crippen molar-refractivity contribution in [2.24, 2.45) is 0 Å². The number of rotatable bonds is 7. The lowest BCUT2D eigenvalue weighted by atomic mass is 9.99. The third-order valence-corrected chi connectivity index (χ3v) is 5.91. The molecule has 29 heavy (non-hydrogen) atoms. The molecule has 0 amide bonds. The van der Waals surface area contributed by atoms with Gasteiger partial charge in [-0.2, -0.15) is 5.26 Å². The maximum absolute atomic E-state index is 12.6. The lowest BCUT2D eigenvalue weighted by Crippen LogP contribution is -2.23. The normalized spacial score (nSPS) is 11.4. The second kappa shape index (κ2) is 9.01. The standard InChI is InChI=1S/C23H23N3O2S/c1-26(2)17-18-10-12-20(13-11-18)23-9-4-3-7-21(23)16-25-29(27,28)22-8-5-6-19(14-22)15-24/h3-14,25H,16-17H2,1-2H3. The molecule has 6 heteroatoms. The summed E-state index contributed by atoms with van der Waals surface area (Å²) in [6.45, 7) is 1.03. The molecule has 5 nitrogen and oxygen atoms in total. The molecule has 0 saturated heterocycles. The molecule has 0 atom stereocenters. The van der Waals surface area contributed by atoms with Crippen molar-refractivity contribution in [2.75, 3.05) is 14.1 Å². The van der Waals surface area contributed by atoms with Gasteiger partial charge in [-0.05, 0) is 54.5 Å². The topological polar surface area (TPSA) is 73.2 Å². The lowest BCUT2D eigenvalue weighted by Gasteiger charge is -2.13. The molecule has 3 rings (SSSR count). The van der Waals surface area contributed by atoms with E-state index in [2.05, 4.69) is 33.9 Å². The second-order valence-corrected chi connectivity index (χ2v) is 8.82. The Kier molecular flexibility index (Phi) is 6.45. The molecule has 0 saturated carbocycles. The number of nitrogens with one attached hydrogen (secondary N) is 1. The van der Waals surface area contributed by atoms with Gasteiger partial charge in [0.15, 0.2) is 0 Å². The van der Waals surface area contributed by atoms with Gasteiger partial charge in [0.1, 0.15) is 0 Å². The quantitative estimate of drug-likeness (QED) is 0.649. The van der Waals surface area contributed by atoms with Crippen molar-refractivity contribution in [3.8, 4) is 17.2 Å². The molecule has 3 aromatic carbocycles. The number of nitrogens with zero attached hydrogens (tertiary/aromatic N) is 2. The smallest absolute Gasteiger partial charge is 0.240 e. The Labute approximate surface area is 172 Å². The van der Waals surface area contributed by atoms with E-state index in [1.54, 1.807) is 12.1 Å². The van der Waals surface area contributed by atoms with E-state index in [1.807, 2.05) is 44.4 Å². The third-order valence-electron chi connectivity index (χ3n) is 4.51. The van der Waals surface area contributed by atoms with Gasteiger partial charge >= 0.3 is 0 Å². The third kappa shape index (κ3) is 5.30. The van der Waals surface area contributed by atoms with Gasteiger partial charge < -0.3 is 4.90 Å². The summed E-state index contributed by atoms with van der Waals surface area (Å²) in [5.74, 6) is 0. The highest BCUT2D eigenvalue weighted by Crippen LogP contribution is 2.25. The van der Waals surface area contributed by atoms with E-state index >= 15 is 0 Å². The van der Waals surface area contributed by atoms with Crippen LogP contribution in [0.5, 0.6) is 0 Å². The zero-order valence-electron chi connectivity index (χ0n) is 16.5. The predicted molar refractivity (Wildman–Crippen MR) is 114 cm³/mol. The van der Waals surface area contributed by atoms with Crippen molar-refractivity contribution in [1.29, 1.82) is 5.26 Å².